The fourth-order valence-corrected chi connectivity index (χ4v) is 4.08. The standard InChI is InChI=1S/C27H25Cl2N3O4/c1-2-35-22-9-7-21(8-10-22)32-16-20(14-26(32)33)27(34)31-30-15-18-4-3-5-23(12-18)36-17-19-6-11-24(28)25(29)13-19/h3-13,15,20H,2,14,16-17H2,1H3,(H,31,34)/b30-15-/t20-/m1/s1. The van der Waals surface area contributed by atoms with E-state index in [4.69, 9.17) is 32.7 Å². The number of nitrogens with one attached hydrogen (secondary N) is 1. The molecule has 0 aromatic heterocycles. The summed E-state index contributed by atoms with van der Waals surface area (Å²) in [7, 11) is 0. The molecule has 36 heavy (non-hydrogen) atoms. The molecule has 1 heterocycles. The van der Waals surface area contributed by atoms with E-state index in [0.29, 0.717) is 35.6 Å². The number of anilines is 1. The third-order valence-corrected chi connectivity index (χ3v) is 6.33. The van der Waals surface area contributed by atoms with Crippen molar-refractivity contribution in [1.29, 1.82) is 0 Å². The lowest BCUT2D eigenvalue weighted by atomic mass is 10.1. The van der Waals surface area contributed by atoms with Gasteiger partial charge in [-0.1, -0.05) is 41.4 Å². The lowest BCUT2D eigenvalue weighted by Gasteiger charge is -2.17. The summed E-state index contributed by atoms with van der Waals surface area (Å²) in [4.78, 5) is 26.7. The highest BCUT2D eigenvalue weighted by atomic mass is 35.5. The minimum atomic E-state index is -0.484. The molecule has 0 bridgehead atoms. The number of hydrogen-bond acceptors (Lipinski definition) is 5. The van der Waals surface area contributed by atoms with Gasteiger partial charge in [0, 0.05) is 18.7 Å². The van der Waals surface area contributed by atoms with Gasteiger partial charge < -0.3 is 14.4 Å². The van der Waals surface area contributed by atoms with Crippen molar-refractivity contribution in [3.8, 4) is 11.5 Å². The zero-order valence-corrected chi connectivity index (χ0v) is 21.1. The maximum atomic E-state index is 12.6. The molecule has 1 fully saturated rings. The number of amides is 2. The SMILES string of the molecule is CCOc1ccc(N2C[C@H](C(=O)N/N=C\c3cccc(OCc4ccc(Cl)c(Cl)c4)c3)CC2=O)cc1. The van der Waals surface area contributed by atoms with Crippen LogP contribution in [0.25, 0.3) is 0 Å². The molecule has 7 nitrogen and oxygen atoms in total. The van der Waals surface area contributed by atoms with Gasteiger partial charge in [0.15, 0.2) is 0 Å². The topological polar surface area (TPSA) is 80.2 Å². The van der Waals surface area contributed by atoms with Crippen LogP contribution in [0.4, 0.5) is 5.69 Å². The summed E-state index contributed by atoms with van der Waals surface area (Å²) in [6.07, 6.45) is 1.66. The van der Waals surface area contributed by atoms with Crippen LogP contribution < -0.4 is 19.8 Å². The van der Waals surface area contributed by atoms with Gasteiger partial charge in [-0.05, 0) is 66.6 Å². The highest BCUT2D eigenvalue weighted by Gasteiger charge is 2.35. The van der Waals surface area contributed by atoms with E-state index < -0.39 is 5.92 Å². The number of carbonyl (C=O) groups excluding carboxylic acids is 2. The molecule has 1 N–H and O–H groups in total. The molecule has 0 aliphatic carbocycles. The van der Waals surface area contributed by atoms with Gasteiger partial charge in [-0.25, -0.2) is 5.43 Å². The summed E-state index contributed by atoms with van der Waals surface area (Å²) < 4.78 is 11.3. The first-order valence-electron chi connectivity index (χ1n) is 11.5. The van der Waals surface area contributed by atoms with Crippen LogP contribution in [0.3, 0.4) is 0 Å². The van der Waals surface area contributed by atoms with Crippen LogP contribution in [0.2, 0.25) is 10.0 Å². The zero-order chi connectivity index (χ0) is 25.5. The summed E-state index contributed by atoms with van der Waals surface area (Å²) >= 11 is 12.0. The van der Waals surface area contributed by atoms with Crippen LogP contribution in [-0.4, -0.2) is 31.2 Å². The number of halogens is 2. The van der Waals surface area contributed by atoms with E-state index in [0.717, 1.165) is 22.6 Å². The summed E-state index contributed by atoms with van der Waals surface area (Å²) in [5.74, 6) is 0.487. The Kier molecular flexibility index (Phi) is 8.46. The van der Waals surface area contributed by atoms with Crippen LogP contribution in [0, 0.1) is 5.92 Å². The van der Waals surface area contributed by atoms with Gasteiger partial charge in [-0.15, -0.1) is 0 Å². The number of hydrogen-bond donors (Lipinski definition) is 1. The third-order valence-electron chi connectivity index (χ3n) is 5.59. The lowest BCUT2D eigenvalue weighted by molar-refractivity contribution is -0.126. The fraction of sp³-hybridized carbons (Fsp3) is 0.222. The van der Waals surface area contributed by atoms with Crippen molar-refractivity contribution >= 4 is 46.9 Å². The number of benzene rings is 3. The molecule has 4 rings (SSSR count). The Morgan fingerprint density at radius 3 is 2.61 bits per heavy atom. The molecule has 1 aliphatic rings. The van der Waals surface area contributed by atoms with Gasteiger partial charge in [0.1, 0.15) is 18.1 Å². The van der Waals surface area contributed by atoms with E-state index in [2.05, 4.69) is 10.5 Å². The van der Waals surface area contributed by atoms with Crippen LogP contribution >= 0.6 is 23.2 Å². The molecule has 0 radical (unpaired) electrons. The minimum absolute atomic E-state index is 0.102. The van der Waals surface area contributed by atoms with Gasteiger partial charge in [-0.3, -0.25) is 9.59 Å². The van der Waals surface area contributed by atoms with Crippen molar-refractivity contribution < 1.29 is 19.1 Å². The van der Waals surface area contributed by atoms with E-state index in [-0.39, 0.29) is 18.2 Å². The van der Waals surface area contributed by atoms with E-state index in [1.165, 1.54) is 6.21 Å². The second kappa shape index (κ2) is 11.9. The zero-order valence-electron chi connectivity index (χ0n) is 19.6. The molecule has 1 saturated heterocycles. The van der Waals surface area contributed by atoms with Crippen molar-refractivity contribution in [2.75, 3.05) is 18.1 Å². The van der Waals surface area contributed by atoms with Crippen LogP contribution in [0.1, 0.15) is 24.5 Å². The van der Waals surface area contributed by atoms with Crippen molar-refractivity contribution in [1.82, 2.24) is 5.43 Å². The highest BCUT2D eigenvalue weighted by molar-refractivity contribution is 6.42. The second-order valence-electron chi connectivity index (χ2n) is 8.18. The van der Waals surface area contributed by atoms with Gasteiger partial charge in [0.05, 0.1) is 28.8 Å². The Morgan fingerprint density at radius 2 is 1.86 bits per heavy atom. The predicted octanol–water partition coefficient (Wildman–Crippen LogP) is 5.47. The highest BCUT2D eigenvalue weighted by Crippen LogP contribution is 2.27. The maximum Gasteiger partial charge on any atom is 0.245 e. The first-order valence-corrected chi connectivity index (χ1v) is 12.2. The average Bonchev–Trinajstić information content (AvgIpc) is 3.27. The first kappa shape index (κ1) is 25.5. The van der Waals surface area contributed by atoms with E-state index >= 15 is 0 Å². The number of ether oxygens (including phenoxy) is 2. The van der Waals surface area contributed by atoms with Gasteiger partial charge in [0.2, 0.25) is 11.8 Å². The van der Waals surface area contributed by atoms with Crippen molar-refractivity contribution in [2.45, 2.75) is 20.0 Å². The minimum Gasteiger partial charge on any atom is -0.494 e. The fourth-order valence-electron chi connectivity index (χ4n) is 3.76. The number of hydrazone groups is 1. The molecule has 3 aromatic carbocycles. The number of nitrogens with zero attached hydrogens (tertiary/aromatic N) is 2. The Balaban J connectivity index is 1.29. The van der Waals surface area contributed by atoms with Crippen LogP contribution in [0.5, 0.6) is 11.5 Å². The van der Waals surface area contributed by atoms with Crippen molar-refractivity contribution in [3.63, 3.8) is 0 Å². The summed E-state index contributed by atoms with van der Waals surface area (Å²) in [6.45, 7) is 3.11. The quantitative estimate of drug-likeness (QED) is 0.296. The largest absolute Gasteiger partial charge is 0.494 e. The molecule has 0 saturated carbocycles. The van der Waals surface area contributed by atoms with Gasteiger partial charge >= 0.3 is 0 Å². The molecule has 1 aliphatic heterocycles. The summed E-state index contributed by atoms with van der Waals surface area (Å²) in [6, 6.07) is 19.9. The monoisotopic (exact) mass is 525 g/mol. The number of carbonyl (C=O) groups is 2. The number of rotatable bonds is 9. The Labute approximate surface area is 219 Å². The molecule has 186 valence electrons. The molecular weight excluding hydrogens is 501 g/mol. The molecule has 1 atom stereocenters. The predicted molar refractivity (Wildman–Crippen MR) is 141 cm³/mol. The summed E-state index contributed by atoms with van der Waals surface area (Å²) in [5.41, 5.74) is 4.92. The Hall–Kier alpha value is -3.55. The third kappa shape index (κ3) is 6.56. The van der Waals surface area contributed by atoms with E-state index in [9.17, 15) is 9.59 Å². The van der Waals surface area contributed by atoms with Crippen molar-refractivity contribution in [3.05, 3.63) is 87.9 Å². The van der Waals surface area contributed by atoms with Crippen molar-refractivity contribution in [2.24, 2.45) is 11.0 Å². The van der Waals surface area contributed by atoms with Crippen LogP contribution in [-0.2, 0) is 16.2 Å². The van der Waals surface area contributed by atoms with Gasteiger partial charge in [-0.2, -0.15) is 5.10 Å². The average molecular weight is 526 g/mol. The molecule has 3 aromatic rings. The van der Waals surface area contributed by atoms with Gasteiger partial charge in [0.25, 0.3) is 0 Å². The first-order chi connectivity index (χ1) is 17.4. The van der Waals surface area contributed by atoms with Crippen LogP contribution in [0.15, 0.2) is 71.8 Å². The Morgan fingerprint density at radius 1 is 1.06 bits per heavy atom. The maximum absolute atomic E-state index is 12.6. The second-order valence-corrected chi connectivity index (χ2v) is 8.99. The summed E-state index contributed by atoms with van der Waals surface area (Å²) in [5, 5.41) is 5.03. The molecule has 9 heteroatoms. The van der Waals surface area contributed by atoms with E-state index in [1.54, 1.807) is 23.1 Å². The van der Waals surface area contributed by atoms with E-state index in [1.807, 2.05) is 55.5 Å². The smallest absolute Gasteiger partial charge is 0.245 e. The molecule has 0 unspecified atom stereocenters. The Bertz CT molecular complexity index is 1260. The molecule has 2 amide bonds. The lowest BCUT2D eigenvalue weighted by Crippen LogP contribution is -2.30. The normalized spacial score (nSPS) is 15.4. The molecule has 0 spiro atoms. The molecular formula is C27H25Cl2N3O4.